The monoisotopic (exact) mass is 666 g/mol. The maximum atomic E-state index is 6.71. The molecule has 6 nitrogen and oxygen atoms in total. The van der Waals surface area contributed by atoms with Gasteiger partial charge in [-0.15, -0.1) is 0 Å². The largest absolute Gasteiger partial charge is 0.456 e. The Labute approximate surface area is 295 Å². The summed E-state index contributed by atoms with van der Waals surface area (Å²) in [7, 11) is 0. The summed E-state index contributed by atoms with van der Waals surface area (Å²) in [6, 6.07) is 54.7. The molecule has 0 N–H and O–H groups in total. The van der Waals surface area contributed by atoms with Crippen LogP contribution in [-0.4, -0.2) is 19.1 Å². The lowest BCUT2D eigenvalue weighted by molar-refractivity contribution is 0.652. The zero-order chi connectivity index (χ0) is 33.9. The number of hydrogen-bond acceptors (Lipinski definition) is 4. The molecule has 0 radical (unpaired) electrons. The van der Waals surface area contributed by atoms with Crippen LogP contribution < -0.4 is 0 Å². The average molecular weight is 667 g/mol. The summed E-state index contributed by atoms with van der Waals surface area (Å²) in [5, 5.41) is 7.55. The van der Waals surface area contributed by atoms with Crippen LogP contribution in [0.25, 0.3) is 111 Å². The van der Waals surface area contributed by atoms with Crippen molar-refractivity contribution in [1.82, 2.24) is 19.1 Å². The number of hydrogen-bond donors (Lipinski definition) is 0. The minimum Gasteiger partial charge on any atom is -0.456 e. The molecule has 0 aliphatic carbocycles. The summed E-state index contributed by atoms with van der Waals surface area (Å²) in [6.07, 6.45) is 0. The van der Waals surface area contributed by atoms with Gasteiger partial charge in [-0.25, -0.2) is 4.98 Å². The number of benzene rings is 7. The molecule has 7 aromatic carbocycles. The zero-order valence-corrected chi connectivity index (χ0v) is 27.6. The second-order valence-corrected chi connectivity index (χ2v) is 13.3. The smallest absolute Gasteiger partial charge is 0.248 e. The van der Waals surface area contributed by atoms with Crippen molar-refractivity contribution in [1.29, 1.82) is 0 Å². The molecule has 0 saturated carbocycles. The van der Waals surface area contributed by atoms with Crippen LogP contribution in [0.2, 0.25) is 0 Å². The number of nitrogens with zero attached hydrogens (tertiary/aromatic N) is 4. The molecular weight excluding hydrogens is 641 g/mol. The van der Waals surface area contributed by atoms with Gasteiger partial charge in [-0.3, -0.25) is 4.57 Å². The normalized spacial score (nSPS) is 12.2. The molecule has 0 atom stereocenters. The van der Waals surface area contributed by atoms with E-state index in [4.69, 9.17) is 18.8 Å². The van der Waals surface area contributed by atoms with Gasteiger partial charge in [0.1, 0.15) is 28.0 Å². The molecule has 6 heteroatoms. The van der Waals surface area contributed by atoms with Crippen LogP contribution in [0.15, 0.2) is 167 Å². The van der Waals surface area contributed by atoms with Gasteiger partial charge in [0.05, 0.1) is 33.1 Å². The fourth-order valence-electron chi connectivity index (χ4n) is 8.36. The molecule has 0 spiro atoms. The molecule has 0 aliphatic rings. The van der Waals surface area contributed by atoms with E-state index in [9.17, 15) is 0 Å². The molecule has 0 aliphatic heterocycles. The third-order valence-electron chi connectivity index (χ3n) is 10.5. The van der Waals surface area contributed by atoms with Gasteiger partial charge in [0.25, 0.3) is 0 Å². The molecule has 52 heavy (non-hydrogen) atoms. The van der Waals surface area contributed by atoms with Crippen molar-refractivity contribution >= 4 is 87.7 Å². The van der Waals surface area contributed by atoms with Crippen LogP contribution in [0, 0.1) is 0 Å². The Hall–Kier alpha value is -7.18. The van der Waals surface area contributed by atoms with Crippen molar-refractivity contribution in [3.8, 4) is 22.8 Å². The van der Waals surface area contributed by atoms with Crippen LogP contribution in [0.1, 0.15) is 0 Å². The van der Waals surface area contributed by atoms with Crippen molar-refractivity contribution in [2.24, 2.45) is 0 Å². The molecule has 0 saturated heterocycles. The molecule has 5 aromatic heterocycles. The maximum Gasteiger partial charge on any atom is 0.248 e. The van der Waals surface area contributed by atoms with E-state index in [1.807, 2.05) is 36.4 Å². The molecular formula is C46H26N4O2. The Balaban J connectivity index is 1.36. The molecule has 0 unspecified atom stereocenters. The zero-order valence-electron chi connectivity index (χ0n) is 27.6. The fourth-order valence-corrected chi connectivity index (χ4v) is 8.36. The molecule has 242 valence electrons. The second-order valence-electron chi connectivity index (χ2n) is 13.3. The van der Waals surface area contributed by atoms with E-state index in [1.165, 1.54) is 10.8 Å². The number of para-hydroxylation sites is 5. The van der Waals surface area contributed by atoms with Gasteiger partial charge in [0, 0.05) is 37.9 Å². The van der Waals surface area contributed by atoms with Crippen molar-refractivity contribution < 1.29 is 8.83 Å². The first-order chi connectivity index (χ1) is 25.8. The number of furan rings is 2. The van der Waals surface area contributed by atoms with Crippen LogP contribution in [0.4, 0.5) is 0 Å². The van der Waals surface area contributed by atoms with Gasteiger partial charge in [-0.1, -0.05) is 115 Å². The van der Waals surface area contributed by atoms with Gasteiger partial charge in [-0.05, 0) is 42.5 Å². The summed E-state index contributed by atoms with van der Waals surface area (Å²) in [5.41, 5.74) is 10.7. The van der Waals surface area contributed by atoms with E-state index in [0.29, 0.717) is 11.5 Å². The van der Waals surface area contributed by atoms with Gasteiger partial charge >= 0.3 is 0 Å². The van der Waals surface area contributed by atoms with Crippen LogP contribution in [0.5, 0.6) is 0 Å². The second kappa shape index (κ2) is 10.2. The lowest BCUT2D eigenvalue weighted by Gasteiger charge is -2.17. The van der Waals surface area contributed by atoms with Crippen LogP contribution in [-0.2, 0) is 0 Å². The third kappa shape index (κ3) is 3.62. The quantitative estimate of drug-likeness (QED) is 0.188. The van der Waals surface area contributed by atoms with Crippen LogP contribution >= 0.6 is 0 Å². The Kier molecular flexibility index (Phi) is 5.41. The van der Waals surface area contributed by atoms with Crippen molar-refractivity contribution in [3.63, 3.8) is 0 Å². The van der Waals surface area contributed by atoms with E-state index in [1.54, 1.807) is 0 Å². The summed E-state index contributed by atoms with van der Waals surface area (Å²) in [5.74, 6) is 0.693. The van der Waals surface area contributed by atoms with E-state index in [2.05, 4.69) is 130 Å². The average Bonchev–Trinajstić information content (AvgIpc) is 3.94. The highest BCUT2D eigenvalue weighted by Crippen LogP contribution is 2.46. The van der Waals surface area contributed by atoms with Crippen molar-refractivity contribution in [2.75, 3.05) is 0 Å². The molecule has 12 aromatic rings. The fraction of sp³-hybridized carbons (Fsp3) is 0. The first kappa shape index (κ1) is 27.6. The Morgan fingerprint density at radius 2 is 0.962 bits per heavy atom. The minimum absolute atomic E-state index is 0.495. The Morgan fingerprint density at radius 3 is 1.65 bits per heavy atom. The predicted octanol–water partition coefficient (Wildman–Crippen LogP) is 12.1. The third-order valence-corrected chi connectivity index (χ3v) is 10.5. The summed E-state index contributed by atoms with van der Waals surface area (Å²) < 4.78 is 17.9. The topological polar surface area (TPSA) is 61.9 Å². The summed E-state index contributed by atoms with van der Waals surface area (Å²) in [4.78, 5) is 10.8. The number of rotatable bonds is 3. The van der Waals surface area contributed by atoms with Crippen molar-refractivity contribution in [2.45, 2.75) is 0 Å². The molecule has 5 heterocycles. The molecule has 12 rings (SSSR count). The van der Waals surface area contributed by atoms with Crippen LogP contribution in [0.3, 0.4) is 0 Å². The van der Waals surface area contributed by atoms with Gasteiger partial charge in [0.2, 0.25) is 5.71 Å². The van der Waals surface area contributed by atoms with E-state index >= 15 is 0 Å². The van der Waals surface area contributed by atoms with E-state index < -0.39 is 0 Å². The predicted molar refractivity (Wildman–Crippen MR) is 211 cm³/mol. The maximum absolute atomic E-state index is 6.71. The Morgan fingerprint density at radius 1 is 0.423 bits per heavy atom. The SMILES string of the molecule is c1ccc(-c2nc3c(nc2-n2c4ccccc4c4cc5oc6ccccc6c5c(-n5c6ccccc6c6ccccc65)c42)oc2ccccc23)cc1. The highest BCUT2D eigenvalue weighted by molar-refractivity contribution is 6.24. The number of fused-ring (bicyclic) bond motifs is 12. The van der Waals surface area contributed by atoms with E-state index in [0.717, 1.165) is 88.2 Å². The highest BCUT2D eigenvalue weighted by atomic mass is 16.3. The highest BCUT2D eigenvalue weighted by Gasteiger charge is 2.28. The summed E-state index contributed by atoms with van der Waals surface area (Å²) >= 11 is 0. The van der Waals surface area contributed by atoms with Crippen molar-refractivity contribution in [3.05, 3.63) is 158 Å². The minimum atomic E-state index is 0.495. The summed E-state index contributed by atoms with van der Waals surface area (Å²) in [6.45, 7) is 0. The van der Waals surface area contributed by atoms with E-state index in [-0.39, 0.29) is 0 Å². The molecule has 0 fully saturated rings. The first-order valence-corrected chi connectivity index (χ1v) is 17.4. The first-order valence-electron chi connectivity index (χ1n) is 17.4. The van der Waals surface area contributed by atoms with Gasteiger partial charge in [0.15, 0.2) is 5.82 Å². The lowest BCUT2D eigenvalue weighted by atomic mass is 10.1. The lowest BCUT2D eigenvalue weighted by Crippen LogP contribution is -2.06. The number of aromatic nitrogens is 4. The Bertz CT molecular complexity index is 3360. The van der Waals surface area contributed by atoms with Gasteiger partial charge in [-0.2, -0.15) is 4.98 Å². The molecule has 0 amide bonds. The standard InChI is InChI=1S/C46H26N4O2/c1-2-14-27(15-3-1)41-45(48-46-42(47-41)32-20-8-13-25-38(32)52-46)50-36-23-11-6-18-30(36)33-26-39-40(31-19-7-12-24-37(31)51-39)44(43(33)50)49-34-21-9-4-16-28(34)29-17-5-10-22-35(29)49/h1-26H. The van der Waals surface area contributed by atoms with Gasteiger partial charge < -0.3 is 13.4 Å². The molecule has 0 bridgehead atoms.